The largest absolute Gasteiger partial charge is 0.494 e. The van der Waals surface area contributed by atoms with Crippen LogP contribution in [-0.4, -0.2) is 137 Å². The molecule has 21 nitrogen and oxygen atoms in total. The van der Waals surface area contributed by atoms with Crippen LogP contribution in [0.25, 0.3) is 11.4 Å². The van der Waals surface area contributed by atoms with Gasteiger partial charge in [0.25, 0.3) is 11.8 Å². The van der Waals surface area contributed by atoms with Gasteiger partial charge in [0.15, 0.2) is 11.6 Å². The first-order valence-corrected chi connectivity index (χ1v) is 28.7. The third kappa shape index (κ3) is 17.1. The molecule has 0 aliphatic carbocycles. The zero-order valence-electron chi connectivity index (χ0n) is 47.6. The van der Waals surface area contributed by atoms with E-state index in [2.05, 4.69) is 36.4 Å². The normalized spacial score (nSPS) is 16.3. The Morgan fingerprint density at radius 1 is 0.793 bits per heavy atom. The minimum atomic E-state index is -0.720. The van der Waals surface area contributed by atoms with Gasteiger partial charge in [-0.15, -0.1) is 0 Å². The fraction of sp³-hybridized carbons (Fsp3) is 0.492. The number of carbonyl (C=O) groups is 6. The van der Waals surface area contributed by atoms with Gasteiger partial charge in [0.05, 0.1) is 39.1 Å². The number of fused-ring (bicyclic) bond motifs is 1. The Bertz CT molecular complexity index is 2940. The summed E-state index contributed by atoms with van der Waals surface area (Å²) in [6, 6.07) is 23.1. The molecule has 2 fully saturated rings. The zero-order chi connectivity index (χ0) is 57.9. The van der Waals surface area contributed by atoms with E-state index in [1.54, 1.807) is 41.6 Å². The lowest BCUT2D eigenvalue weighted by molar-refractivity contribution is -0.137. The van der Waals surface area contributed by atoms with E-state index in [0.717, 1.165) is 61.1 Å². The highest BCUT2D eigenvalue weighted by atomic mass is 16.6. The van der Waals surface area contributed by atoms with Crippen molar-refractivity contribution in [2.24, 2.45) is 0 Å². The molecule has 3 aliphatic rings. The Balaban J connectivity index is 0.639. The second-order valence-electron chi connectivity index (χ2n) is 22.0. The van der Waals surface area contributed by atoms with Gasteiger partial charge in [-0.1, -0.05) is 37.1 Å². The monoisotopic (exact) mass is 1130 g/mol. The van der Waals surface area contributed by atoms with Crippen molar-refractivity contribution in [3.8, 4) is 17.1 Å². The van der Waals surface area contributed by atoms with Crippen molar-refractivity contribution in [2.45, 2.75) is 135 Å². The molecule has 82 heavy (non-hydrogen) atoms. The molecule has 5 N–H and O–H groups in total. The number of imide groups is 1. The van der Waals surface area contributed by atoms with Gasteiger partial charge in [-0.3, -0.25) is 39.4 Å². The van der Waals surface area contributed by atoms with E-state index in [1.807, 2.05) is 82.3 Å². The lowest BCUT2D eigenvalue weighted by Gasteiger charge is -2.41. The topological polar surface area (TPSA) is 258 Å². The first kappa shape index (κ1) is 60.3. The predicted octanol–water partition coefficient (Wildman–Crippen LogP) is 8.65. The number of carbonyl (C=O) groups excluding carboxylic acids is 6. The van der Waals surface area contributed by atoms with Crippen molar-refractivity contribution in [2.75, 3.05) is 70.0 Å². The predicted molar refractivity (Wildman–Crippen MR) is 307 cm³/mol. The molecule has 3 aliphatic heterocycles. The van der Waals surface area contributed by atoms with Crippen molar-refractivity contribution in [1.82, 2.24) is 40.6 Å². The van der Waals surface area contributed by atoms with E-state index in [1.165, 1.54) is 4.90 Å². The third-order valence-electron chi connectivity index (χ3n) is 14.6. The van der Waals surface area contributed by atoms with Crippen LogP contribution in [0.4, 0.5) is 16.2 Å². The Kier molecular flexibility index (Phi) is 21.6. The molecule has 5 heterocycles. The lowest BCUT2D eigenvalue weighted by Crippen LogP contribution is -2.52. The Labute approximate surface area is 479 Å². The van der Waals surface area contributed by atoms with Gasteiger partial charge in [0.1, 0.15) is 22.9 Å². The summed E-state index contributed by atoms with van der Waals surface area (Å²) in [5, 5.41) is 19.8. The smallest absolute Gasteiger partial charge is 0.410 e. The molecule has 3 aromatic carbocycles. The molecule has 5 aromatic rings. The average molecular weight is 1130 g/mol. The van der Waals surface area contributed by atoms with Crippen molar-refractivity contribution in [3.63, 3.8) is 0 Å². The molecule has 0 radical (unpaired) electrons. The summed E-state index contributed by atoms with van der Waals surface area (Å²) < 4.78 is 28.8. The Hall–Kier alpha value is -7.75. The van der Waals surface area contributed by atoms with E-state index in [4.69, 9.17) is 28.7 Å². The van der Waals surface area contributed by atoms with E-state index in [-0.39, 0.29) is 55.2 Å². The molecular weight excluding hydrogens is 1050 g/mol. The number of hydrogen-bond acceptors (Lipinski definition) is 15. The van der Waals surface area contributed by atoms with Crippen LogP contribution in [0.5, 0.6) is 5.75 Å². The average Bonchev–Trinajstić information content (AvgIpc) is 4.26. The van der Waals surface area contributed by atoms with Crippen LogP contribution >= 0.6 is 0 Å². The van der Waals surface area contributed by atoms with Crippen molar-refractivity contribution in [3.05, 3.63) is 119 Å². The molecule has 0 spiro atoms. The number of benzene rings is 3. The van der Waals surface area contributed by atoms with Gasteiger partial charge in [0, 0.05) is 91.7 Å². The highest BCUT2D eigenvalue weighted by Gasteiger charge is 2.42. The van der Waals surface area contributed by atoms with Gasteiger partial charge in [-0.2, -0.15) is 5.10 Å². The van der Waals surface area contributed by atoms with Crippen LogP contribution in [0.15, 0.2) is 91.3 Å². The van der Waals surface area contributed by atoms with E-state index in [9.17, 15) is 28.8 Å². The number of aromatic amines is 1. The number of likely N-dealkylation sites (tertiary alicyclic amines) is 1. The molecule has 438 valence electrons. The van der Waals surface area contributed by atoms with Crippen molar-refractivity contribution >= 4 is 47.0 Å². The van der Waals surface area contributed by atoms with E-state index in [0.29, 0.717) is 119 Å². The summed E-state index contributed by atoms with van der Waals surface area (Å²) in [6.45, 7) is 12.4. The van der Waals surface area contributed by atoms with Gasteiger partial charge in [-0.05, 0) is 139 Å². The van der Waals surface area contributed by atoms with Gasteiger partial charge in [0.2, 0.25) is 17.7 Å². The van der Waals surface area contributed by atoms with Crippen LogP contribution in [0, 0.1) is 0 Å². The number of unbranched alkanes of at least 4 members (excludes halogenated alkanes) is 5. The third-order valence-corrected chi connectivity index (χ3v) is 14.6. The maximum atomic E-state index is 13.7. The van der Waals surface area contributed by atoms with Crippen LogP contribution in [0.3, 0.4) is 0 Å². The Morgan fingerprint density at radius 2 is 1.46 bits per heavy atom. The standard InChI is InChI=1S/C61H78N10O11/c1-42(63-55(74)45-14-12-15-46(40-45)67-61(27-31-70(32-28-61)59(77)82-60(2,3)4)58-66-54(68-69-58)44-25-29-62-30-26-44)43-19-21-47(22-20-43)81-35-11-6-5-9-33-78-36-38-80-39-37-79-34-10-7-8-18-52(72)64-50-17-13-16-48-49(50)41-71(57(48)76)51-23-24-53(73)65-56(51)75/h12-17,19-22,25-26,29-30,40,42,51,67H,5-11,18,23-24,27-28,31-39,41H2,1-4H3,(H,63,74)(H,64,72)(H,65,73,75)(H,66,68,69)/t42-,51?/m0/s1. The molecule has 0 saturated carbocycles. The first-order valence-electron chi connectivity index (χ1n) is 28.7. The summed E-state index contributed by atoms with van der Waals surface area (Å²) >= 11 is 0. The quantitative estimate of drug-likeness (QED) is 0.0222. The van der Waals surface area contributed by atoms with Crippen molar-refractivity contribution in [1.29, 1.82) is 0 Å². The minimum Gasteiger partial charge on any atom is -0.494 e. The lowest BCUT2D eigenvalue weighted by atomic mass is 9.86. The number of aromatic nitrogens is 4. The summed E-state index contributed by atoms with van der Waals surface area (Å²) in [7, 11) is 0. The summed E-state index contributed by atoms with van der Waals surface area (Å²) in [5.41, 5.74) is 3.38. The summed E-state index contributed by atoms with van der Waals surface area (Å²) in [4.78, 5) is 88.7. The number of nitrogens with one attached hydrogen (secondary N) is 5. The highest BCUT2D eigenvalue weighted by molar-refractivity contribution is 6.07. The van der Waals surface area contributed by atoms with Gasteiger partial charge < -0.3 is 49.4 Å². The number of pyridine rings is 1. The molecular formula is C61H78N10O11. The maximum Gasteiger partial charge on any atom is 0.410 e. The highest BCUT2D eigenvalue weighted by Crippen LogP contribution is 2.37. The second-order valence-corrected chi connectivity index (χ2v) is 22.0. The SMILES string of the molecule is C[C@H](NC(=O)c1cccc(NC2(c3nc(-c4ccncc4)n[nH]3)CCN(C(=O)OC(C)(C)C)CC2)c1)c1ccc(OCCCCCCOCCOCCOCCCCCC(=O)Nc2cccc3c2CN(C2CCC(=O)NC2=O)C3=O)cc1. The number of rotatable bonds is 29. The number of nitrogens with zero attached hydrogens (tertiary/aromatic N) is 5. The number of ether oxygens (including phenoxy) is 5. The fourth-order valence-electron chi connectivity index (χ4n) is 10.1. The molecule has 21 heteroatoms. The number of hydrogen-bond donors (Lipinski definition) is 5. The molecule has 2 saturated heterocycles. The summed E-state index contributed by atoms with van der Waals surface area (Å²) in [6.07, 6.45) is 11.1. The molecule has 0 bridgehead atoms. The minimum absolute atomic E-state index is 0.140. The van der Waals surface area contributed by atoms with Crippen LogP contribution in [0.1, 0.15) is 148 Å². The van der Waals surface area contributed by atoms with Crippen LogP contribution in [-0.2, 0) is 45.4 Å². The fourth-order valence-corrected chi connectivity index (χ4v) is 10.1. The van der Waals surface area contributed by atoms with Gasteiger partial charge >= 0.3 is 6.09 Å². The first-order chi connectivity index (χ1) is 39.6. The van der Waals surface area contributed by atoms with E-state index >= 15 is 0 Å². The zero-order valence-corrected chi connectivity index (χ0v) is 47.6. The van der Waals surface area contributed by atoms with Crippen molar-refractivity contribution < 1.29 is 52.5 Å². The number of anilines is 2. The number of piperidine rings is 2. The maximum absolute atomic E-state index is 13.7. The molecule has 8 rings (SSSR count). The number of amides is 6. The molecule has 6 amide bonds. The molecule has 2 atom stereocenters. The van der Waals surface area contributed by atoms with Gasteiger partial charge in [-0.25, -0.2) is 9.78 Å². The second kappa shape index (κ2) is 29.3. The molecule has 2 aromatic heterocycles. The van der Waals surface area contributed by atoms with E-state index < -0.39 is 23.1 Å². The molecule has 1 unspecified atom stereocenters. The number of H-pyrrole nitrogens is 1. The summed E-state index contributed by atoms with van der Waals surface area (Å²) in [5.74, 6) is 0.508. The van der Waals surface area contributed by atoms with Crippen LogP contribution < -0.4 is 26.0 Å². The van der Waals surface area contributed by atoms with Crippen LogP contribution in [0.2, 0.25) is 0 Å². The Morgan fingerprint density at radius 3 is 2.16 bits per heavy atom.